The zero-order valence-corrected chi connectivity index (χ0v) is 9.20. The summed E-state index contributed by atoms with van der Waals surface area (Å²) in [7, 11) is 0. The van der Waals surface area contributed by atoms with Crippen LogP contribution in [-0.4, -0.2) is 34.3 Å². The van der Waals surface area contributed by atoms with Gasteiger partial charge in [-0.1, -0.05) is 6.92 Å². The molecular weight excluding hydrogens is 235 g/mol. The third-order valence-electron chi connectivity index (χ3n) is 2.60. The van der Waals surface area contributed by atoms with Crippen LogP contribution in [0.5, 0.6) is 0 Å². The Morgan fingerprint density at radius 3 is 2.59 bits per heavy atom. The molecule has 0 atom stereocenters. The van der Waals surface area contributed by atoms with Gasteiger partial charge in [0.2, 0.25) is 0 Å². The number of aromatic nitrogens is 2. The van der Waals surface area contributed by atoms with E-state index in [1.54, 1.807) is 6.92 Å². The maximum absolute atomic E-state index is 12.7. The number of aliphatic hydroxyl groups excluding tert-OH is 1. The number of alkyl halides is 3. The van der Waals surface area contributed by atoms with Crippen molar-refractivity contribution < 1.29 is 18.3 Å². The summed E-state index contributed by atoms with van der Waals surface area (Å²) in [5.74, 6) is 0.240. The highest BCUT2D eigenvalue weighted by Gasteiger charge is 2.39. The van der Waals surface area contributed by atoms with Gasteiger partial charge in [0.05, 0.1) is 6.10 Å². The molecule has 1 saturated heterocycles. The van der Waals surface area contributed by atoms with E-state index in [4.69, 9.17) is 5.11 Å². The first-order valence-electron chi connectivity index (χ1n) is 5.28. The quantitative estimate of drug-likeness (QED) is 0.854. The molecule has 0 amide bonds. The first-order chi connectivity index (χ1) is 7.91. The fraction of sp³-hybridized carbons (Fsp3) is 0.600. The summed E-state index contributed by atoms with van der Waals surface area (Å²) >= 11 is 0. The fourth-order valence-electron chi connectivity index (χ4n) is 1.65. The van der Waals surface area contributed by atoms with E-state index >= 15 is 0 Å². The van der Waals surface area contributed by atoms with Crippen molar-refractivity contribution in [3.63, 3.8) is 0 Å². The topological polar surface area (TPSA) is 49.2 Å². The Kier molecular flexibility index (Phi) is 2.94. The maximum Gasteiger partial charge on any atom is 0.421 e. The number of halogens is 3. The van der Waals surface area contributed by atoms with Gasteiger partial charge in [0.15, 0.2) is 0 Å². The third-order valence-corrected chi connectivity index (χ3v) is 2.60. The molecule has 0 bridgehead atoms. The van der Waals surface area contributed by atoms with Crippen molar-refractivity contribution in [3.8, 4) is 0 Å². The van der Waals surface area contributed by atoms with Crippen LogP contribution in [0.25, 0.3) is 0 Å². The standard InChI is InChI=1S/C10H12F3N3O/c1-2-8-14-3-7(10(11,12)13)9(15-8)16-4-6(17)5-16/h3,6,17H,2,4-5H2,1H3. The third kappa shape index (κ3) is 2.33. The molecule has 4 nitrogen and oxygen atoms in total. The Hall–Kier alpha value is -1.37. The van der Waals surface area contributed by atoms with E-state index < -0.39 is 17.8 Å². The molecule has 1 N–H and O–H groups in total. The summed E-state index contributed by atoms with van der Waals surface area (Å²) in [6, 6.07) is 0. The van der Waals surface area contributed by atoms with Gasteiger partial charge in [0, 0.05) is 25.7 Å². The van der Waals surface area contributed by atoms with Crippen molar-refractivity contribution in [2.75, 3.05) is 18.0 Å². The second kappa shape index (κ2) is 4.14. The lowest BCUT2D eigenvalue weighted by atomic mass is 10.1. The molecular formula is C10H12F3N3O. The molecule has 94 valence electrons. The molecule has 2 rings (SSSR count). The van der Waals surface area contributed by atoms with E-state index in [9.17, 15) is 13.2 Å². The monoisotopic (exact) mass is 247 g/mol. The van der Waals surface area contributed by atoms with E-state index in [2.05, 4.69) is 9.97 Å². The second-order valence-corrected chi connectivity index (χ2v) is 3.93. The lowest BCUT2D eigenvalue weighted by Gasteiger charge is -2.38. The van der Waals surface area contributed by atoms with Crippen LogP contribution in [0.1, 0.15) is 18.3 Å². The zero-order chi connectivity index (χ0) is 12.6. The average Bonchev–Trinajstić information content (AvgIpc) is 2.22. The Bertz CT molecular complexity index is 416. The number of hydrogen-bond donors (Lipinski definition) is 1. The van der Waals surface area contributed by atoms with Crippen LogP contribution < -0.4 is 4.90 Å². The van der Waals surface area contributed by atoms with Crippen molar-refractivity contribution in [3.05, 3.63) is 17.6 Å². The summed E-state index contributed by atoms with van der Waals surface area (Å²) < 4.78 is 38.2. The van der Waals surface area contributed by atoms with E-state index in [-0.39, 0.29) is 18.9 Å². The molecule has 7 heteroatoms. The van der Waals surface area contributed by atoms with Gasteiger partial charge in [0.1, 0.15) is 17.2 Å². The van der Waals surface area contributed by atoms with Crippen molar-refractivity contribution in [2.24, 2.45) is 0 Å². The van der Waals surface area contributed by atoms with Crippen molar-refractivity contribution in [1.29, 1.82) is 0 Å². The molecule has 0 unspecified atom stereocenters. The highest BCUT2D eigenvalue weighted by Crippen LogP contribution is 2.36. The van der Waals surface area contributed by atoms with E-state index in [0.29, 0.717) is 12.2 Å². The summed E-state index contributed by atoms with van der Waals surface area (Å²) in [5, 5.41) is 9.13. The van der Waals surface area contributed by atoms with E-state index in [1.807, 2.05) is 0 Å². The first-order valence-corrected chi connectivity index (χ1v) is 5.28. The van der Waals surface area contributed by atoms with E-state index in [1.165, 1.54) is 4.90 Å². The molecule has 17 heavy (non-hydrogen) atoms. The van der Waals surface area contributed by atoms with Gasteiger partial charge in [0.25, 0.3) is 0 Å². The van der Waals surface area contributed by atoms with Gasteiger partial charge < -0.3 is 10.0 Å². The smallest absolute Gasteiger partial charge is 0.389 e. The number of hydrogen-bond acceptors (Lipinski definition) is 4. The lowest BCUT2D eigenvalue weighted by Crippen LogP contribution is -2.52. The highest BCUT2D eigenvalue weighted by atomic mass is 19.4. The predicted octanol–water partition coefficient (Wildman–Crippen LogP) is 1.24. The van der Waals surface area contributed by atoms with Crippen molar-refractivity contribution >= 4 is 5.82 Å². The van der Waals surface area contributed by atoms with Crippen LogP contribution in [0.3, 0.4) is 0 Å². The summed E-state index contributed by atoms with van der Waals surface area (Å²) in [6.07, 6.45) is -3.76. The molecule has 1 fully saturated rings. The van der Waals surface area contributed by atoms with Gasteiger partial charge in [-0.15, -0.1) is 0 Å². The largest absolute Gasteiger partial charge is 0.421 e. The Morgan fingerprint density at radius 1 is 1.47 bits per heavy atom. The minimum absolute atomic E-state index is 0.130. The molecule has 2 heterocycles. The lowest BCUT2D eigenvalue weighted by molar-refractivity contribution is -0.137. The Labute approximate surface area is 96.1 Å². The molecule has 0 aromatic carbocycles. The molecule has 1 aliphatic heterocycles. The average molecular weight is 247 g/mol. The summed E-state index contributed by atoms with van der Waals surface area (Å²) in [5.41, 5.74) is -0.846. The molecule has 0 saturated carbocycles. The van der Waals surface area contributed by atoms with Crippen LogP contribution in [0.4, 0.5) is 19.0 Å². The number of rotatable bonds is 2. The molecule has 0 aliphatic carbocycles. The van der Waals surface area contributed by atoms with E-state index in [0.717, 1.165) is 6.20 Å². The summed E-state index contributed by atoms with van der Waals surface area (Å²) in [4.78, 5) is 8.97. The predicted molar refractivity (Wildman–Crippen MR) is 54.6 cm³/mol. The van der Waals surface area contributed by atoms with Gasteiger partial charge in [-0.25, -0.2) is 9.97 Å². The van der Waals surface area contributed by atoms with Crippen LogP contribution >= 0.6 is 0 Å². The van der Waals surface area contributed by atoms with Crippen molar-refractivity contribution in [1.82, 2.24) is 9.97 Å². The minimum Gasteiger partial charge on any atom is -0.389 e. The number of aryl methyl sites for hydroxylation is 1. The van der Waals surface area contributed by atoms with Gasteiger partial charge in [-0.3, -0.25) is 0 Å². The second-order valence-electron chi connectivity index (χ2n) is 3.93. The molecule has 1 aliphatic rings. The van der Waals surface area contributed by atoms with Crippen LogP contribution in [0, 0.1) is 0 Å². The van der Waals surface area contributed by atoms with Crippen molar-refractivity contribution in [2.45, 2.75) is 25.6 Å². The van der Waals surface area contributed by atoms with Gasteiger partial charge in [-0.05, 0) is 0 Å². The molecule has 1 aromatic heterocycles. The van der Waals surface area contributed by atoms with Crippen LogP contribution in [0.2, 0.25) is 0 Å². The van der Waals surface area contributed by atoms with Gasteiger partial charge >= 0.3 is 6.18 Å². The minimum atomic E-state index is -4.47. The number of nitrogens with zero attached hydrogens (tertiary/aromatic N) is 3. The maximum atomic E-state index is 12.7. The van der Waals surface area contributed by atoms with Crippen LogP contribution in [-0.2, 0) is 12.6 Å². The normalized spacial score (nSPS) is 17.1. The molecule has 0 spiro atoms. The number of anilines is 1. The fourth-order valence-corrected chi connectivity index (χ4v) is 1.65. The highest BCUT2D eigenvalue weighted by molar-refractivity contribution is 5.50. The first kappa shape index (κ1) is 12.1. The summed E-state index contributed by atoms with van der Waals surface area (Å²) in [6.45, 7) is 2.14. The Balaban J connectivity index is 2.38. The SMILES string of the molecule is CCc1ncc(C(F)(F)F)c(N2CC(O)C2)n1. The Morgan fingerprint density at radius 2 is 2.12 bits per heavy atom. The zero-order valence-electron chi connectivity index (χ0n) is 9.20. The van der Waals surface area contributed by atoms with Gasteiger partial charge in [-0.2, -0.15) is 13.2 Å². The number of β-amino-alcohol motifs (C(OH)–C–C–N with tert-alkyl or cyclic N) is 1. The number of aliphatic hydroxyl groups is 1. The van der Waals surface area contributed by atoms with Crippen LogP contribution in [0.15, 0.2) is 6.20 Å². The molecule has 1 aromatic rings. The molecule has 0 radical (unpaired) electrons.